The van der Waals surface area contributed by atoms with Gasteiger partial charge in [0.15, 0.2) is 0 Å². The van der Waals surface area contributed by atoms with Crippen molar-refractivity contribution in [3.8, 4) is 0 Å². The smallest absolute Gasteiger partial charge is 0.225 e. The first kappa shape index (κ1) is 12.6. The Hall–Kier alpha value is -1.89. The van der Waals surface area contributed by atoms with Crippen molar-refractivity contribution in [3.05, 3.63) is 28.5 Å². The number of amides is 1. The minimum Gasteiger partial charge on any atom is -0.359 e. The average molecular weight is 266 g/mol. The van der Waals surface area contributed by atoms with Crippen molar-refractivity contribution in [2.24, 2.45) is 0 Å². The Morgan fingerprint density at radius 2 is 2.28 bits per heavy atom. The van der Waals surface area contributed by atoms with E-state index in [0.29, 0.717) is 10.7 Å². The molecular formula is C11H10N2O4S. The number of carbonyl (C=O) groups excluding carboxylic acids is 3. The van der Waals surface area contributed by atoms with Gasteiger partial charge in [-0.2, -0.15) is 0 Å². The molecule has 7 heteroatoms. The highest BCUT2D eigenvalue weighted by Gasteiger charge is 2.29. The minimum atomic E-state index is -0.371. The lowest BCUT2D eigenvalue weighted by Gasteiger charge is -2.08. The molecule has 1 amide bonds. The molecule has 0 radical (unpaired) electrons. The van der Waals surface area contributed by atoms with Crippen LogP contribution < -0.4 is 5.32 Å². The van der Waals surface area contributed by atoms with Gasteiger partial charge in [0.1, 0.15) is 0 Å². The summed E-state index contributed by atoms with van der Waals surface area (Å²) in [6.45, 7) is 0. The predicted molar refractivity (Wildman–Crippen MR) is 64.4 cm³/mol. The molecule has 0 aliphatic heterocycles. The summed E-state index contributed by atoms with van der Waals surface area (Å²) in [5.74, 6) is -0.346. The van der Waals surface area contributed by atoms with Crippen LogP contribution in [0.4, 0.5) is 0 Å². The van der Waals surface area contributed by atoms with Gasteiger partial charge in [0.2, 0.25) is 23.2 Å². The second kappa shape index (κ2) is 5.18. The highest BCUT2D eigenvalue weighted by molar-refractivity contribution is 8.04. The van der Waals surface area contributed by atoms with Gasteiger partial charge in [-0.3, -0.25) is 14.4 Å². The lowest BCUT2D eigenvalue weighted by atomic mass is 10.0. The van der Waals surface area contributed by atoms with E-state index in [9.17, 15) is 14.4 Å². The van der Waals surface area contributed by atoms with Crippen molar-refractivity contribution >= 4 is 29.2 Å². The van der Waals surface area contributed by atoms with Crippen LogP contribution in [0.25, 0.3) is 0 Å². The molecule has 0 fully saturated rings. The monoisotopic (exact) mass is 266 g/mol. The third-order valence-corrected chi connectivity index (χ3v) is 3.41. The number of rotatable bonds is 4. The summed E-state index contributed by atoms with van der Waals surface area (Å²) in [7, 11) is 1.55. The number of hydrogen-bond acceptors (Lipinski definition) is 6. The van der Waals surface area contributed by atoms with Crippen molar-refractivity contribution in [3.63, 3.8) is 0 Å². The Balaban J connectivity index is 2.04. The van der Waals surface area contributed by atoms with Gasteiger partial charge >= 0.3 is 0 Å². The number of nitrogens with one attached hydrogen (secondary N) is 1. The minimum absolute atomic E-state index is 0.0179. The molecule has 6 nitrogen and oxygen atoms in total. The molecule has 0 saturated heterocycles. The van der Waals surface area contributed by atoms with E-state index in [4.69, 9.17) is 4.52 Å². The zero-order chi connectivity index (χ0) is 13.1. The lowest BCUT2D eigenvalue weighted by Crippen LogP contribution is -2.18. The summed E-state index contributed by atoms with van der Waals surface area (Å²) >= 11 is 1.18. The second-order valence-electron chi connectivity index (χ2n) is 3.54. The molecule has 0 aromatic carbocycles. The highest BCUT2D eigenvalue weighted by Crippen LogP contribution is 2.28. The van der Waals surface area contributed by atoms with E-state index in [1.165, 1.54) is 24.0 Å². The molecule has 0 atom stereocenters. The van der Waals surface area contributed by atoms with E-state index in [2.05, 4.69) is 10.5 Å². The summed E-state index contributed by atoms with van der Waals surface area (Å²) in [4.78, 5) is 34.9. The molecule has 1 aromatic rings. The van der Waals surface area contributed by atoms with Crippen LogP contribution in [-0.4, -0.2) is 35.4 Å². The zero-order valence-corrected chi connectivity index (χ0v) is 10.4. The van der Waals surface area contributed by atoms with Crippen molar-refractivity contribution in [2.45, 2.75) is 6.42 Å². The van der Waals surface area contributed by atoms with Crippen LogP contribution in [0, 0.1) is 0 Å². The summed E-state index contributed by atoms with van der Waals surface area (Å²) in [5.41, 5.74) is 0.185. The maximum absolute atomic E-state index is 11.9. The van der Waals surface area contributed by atoms with Crippen LogP contribution >= 0.6 is 11.8 Å². The number of carbonyl (C=O) groups is 3. The number of aromatic nitrogens is 1. The number of nitrogens with zero attached hydrogens (tertiary/aromatic N) is 1. The molecule has 18 heavy (non-hydrogen) atoms. The predicted octanol–water partition coefficient (Wildman–Crippen LogP) is 0.807. The van der Waals surface area contributed by atoms with Gasteiger partial charge in [-0.15, -0.1) is 11.8 Å². The first-order valence-electron chi connectivity index (χ1n) is 5.22. The van der Waals surface area contributed by atoms with Gasteiger partial charge < -0.3 is 9.84 Å². The van der Waals surface area contributed by atoms with E-state index in [1.54, 1.807) is 7.05 Å². The van der Waals surface area contributed by atoms with Crippen molar-refractivity contribution in [1.82, 2.24) is 10.5 Å². The summed E-state index contributed by atoms with van der Waals surface area (Å²) in [5, 5.41) is 5.92. The standard InChI is InChI=1S/C11H10N2O4S/c1-12-9(15)2-3-18-8-4-7(14)11-6(10(8)16)5-13-17-11/h4-5H,2-3H2,1H3,(H,12,15). The molecule has 1 heterocycles. The largest absolute Gasteiger partial charge is 0.359 e. The van der Waals surface area contributed by atoms with Crippen LogP contribution in [0.3, 0.4) is 0 Å². The number of allylic oxidation sites excluding steroid dienone is 2. The van der Waals surface area contributed by atoms with Crippen LogP contribution in [0.2, 0.25) is 0 Å². The fraction of sp³-hybridized carbons (Fsp3) is 0.273. The molecule has 1 aliphatic carbocycles. The maximum Gasteiger partial charge on any atom is 0.225 e. The summed E-state index contributed by atoms with van der Waals surface area (Å²) in [6, 6.07) is 0. The Labute approximate surface area is 107 Å². The van der Waals surface area contributed by atoms with Crippen molar-refractivity contribution < 1.29 is 18.9 Å². The van der Waals surface area contributed by atoms with Crippen LogP contribution in [-0.2, 0) is 4.79 Å². The average Bonchev–Trinajstić information content (AvgIpc) is 2.84. The fourth-order valence-electron chi connectivity index (χ4n) is 1.45. The lowest BCUT2D eigenvalue weighted by molar-refractivity contribution is -0.120. The second-order valence-corrected chi connectivity index (χ2v) is 4.68. The zero-order valence-electron chi connectivity index (χ0n) is 9.56. The van der Waals surface area contributed by atoms with E-state index >= 15 is 0 Å². The van der Waals surface area contributed by atoms with Gasteiger partial charge in [-0.05, 0) is 0 Å². The Morgan fingerprint density at radius 3 is 3.00 bits per heavy atom. The van der Waals surface area contributed by atoms with Crippen LogP contribution in [0.15, 0.2) is 21.7 Å². The fourth-order valence-corrected chi connectivity index (χ4v) is 2.39. The molecule has 1 aliphatic rings. The third kappa shape index (κ3) is 2.35. The molecule has 2 rings (SSSR count). The Bertz CT molecular complexity index is 547. The molecule has 1 N–H and O–H groups in total. The number of thioether (sulfide) groups is 1. The molecule has 0 spiro atoms. The number of hydrogen-bond donors (Lipinski definition) is 1. The SMILES string of the molecule is CNC(=O)CCSC1=CC(=O)c2oncc2C1=O. The van der Waals surface area contributed by atoms with Gasteiger partial charge in [0, 0.05) is 25.3 Å². The Kier molecular flexibility index (Phi) is 3.61. The van der Waals surface area contributed by atoms with Gasteiger partial charge in [0.25, 0.3) is 0 Å². The Morgan fingerprint density at radius 1 is 1.50 bits per heavy atom. The molecular weight excluding hydrogens is 256 g/mol. The number of ketones is 2. The topological polar surface area (TPSA) is 89.3 Å². The van der Waals surface area contributed by atoms with Gasteiger partial charge in [-0.1, -0.05) is 5.16 Å². The van der Waals surface area contributed by atoms with Crippen LogP contribution in [0.5, 0.6) is 0 Å². The summed E-state index contributed by atoms with van der Waals surface area (Å²) < 4.78 is 4.71. The van der Waals surface area contributed by atoms with Gasteiger partial charge in [-0.25, -0.2) is 0 Å². The normalized spacial score (nSPS) is 14.2. The summed E-state index contributed by atoms with van der Waals surface area (Å²) in [6.07, 6.45) is 2.75. The van der Waals surface area contributed by atoms with Crippen molar-refractivity contribution in [1.29, 1.82) is 0 Å². The molecule has 1 aromatic heterocycles. The number of fused-ring (bicyclic) bond motifs is 1. The van der Waals surface area contributed by atoms with E-state index in [1.807, 2.05) is 0 Å². The number of Topliss-reactive ketones (excluding diaryl/α,β-unsaturated/α-hetero) is 1. The van der Waals surface area contributed by atoms with E-state index in [0.717, 1.165) is 0 Å². The molecule has 0 unspecified atom stereocenters. The maximum atomic E-state index is 11.9. The first-order valence-corrected chi connectivity index (χ1v) is 6.21. The van der Waals surface area contributed by atoms with Crippen molar-refractivity contribution in [2.75, 3.05) is 12.8 Å². The van der Waals surface area contributed by atoms with Gasteiger partial charge in [0.05, 0.1) is 16.7 Å². The first-order chi connectivity index (χ1) is 8.63. The van der Waals surface area contributed by atoms with Crippen LogP contribution in [0.1, 0.15) is 27.3 Å². The van der Waals surface area contributed by atoms with E-state index < -0.39 is 0 Å². The molecule has 0 bridgehead atoms. The van der Waals surface area contributed by atoms with E-state index in [-0.39, 0.29) is 35.2 Å². The third-order valence-electron chi connectivity index (χ3n) is 2.39. The highest BCUT2D eigenvalue weighted by atomic mass is 32.2. The quantitative estimate of drug-likeness (QED) is 0.867. The molecule has 0 saturated carbocycles. The molecule has 94 valence electrons.